The van der Waals surface area contributed by atoms with Gasteiger partial charge in [0.05, 0.1) is 18.5 Å². The summed E-state index contributed by atoms with van der Waals surface area (Å²) in [6, 6.07) is 6.53. The Kier molecular flexibility index (Phi) is 3.93. The molecule has 0 radical (unpaired) electrons. The number of methoxy groups -OCH3 is 1. The zero-order chi connectivity index (χ0) is 14.7. The van der Waals surface area contributed by atoms with Crippen LogP contribution < -0.4 is 15.8 Å². The number of amides is 1. The van der Waals surface area contributed by atoms with E-state index in [1.807, 2.05) is 13.0 Å². The molecule has 1 aromatic carbocycles. The average molecular weight is 274 g/mol. The lowest BCUT2D eigenvalue weighted by Gasteiger charge is -2.15. The topological polar surface area (TPSA) is 82.2 Å². The zero-order valence-corrected chi connectivity index (χ0v) is 11.8. The standard InChI is InChI=1S/C14H18N4O2/c1-9-6-7-18(17-9)10(2)14(19)16-12-8-11(15)4-5-13(12)20-3/h4-8,10H,15H2,1-3H3,(H,16,19). The molecule has 0 bridgehead atoms. The van der Waals surface area contributed by atoms with Gasteiger partial charge < -0.3 is 15.8 Å². The van der Waals surface area contributed by atoms with E-state index in [0.29, 0.717) is 17.1 Å². The molecule has 0 fully saturated rings. The fourth-order valence-electron chi connectivity index (χ4n) is 1.83. The van der Waals surface area contributed by atoms with Crippen LogP contribution in [0.2, 0.25) is 0 Å². The van der Waals surface area contributed by atoms with Gasteiger partial charge in [0, 0.05) is 11.9 Å². The number of aryl methyl sites for hydroxylation is 1. The predicted molar refractivity (Wildman–Crippen MR) is 77.7 cm³/mol. The Morgan fingerprint density at radius 2 is 2.20 bits per heavy atom. The third kappa shape index (κ3) is 2.90. The van der Waals surface area contributed by atoms with E-state index in [1.165, 1.54) is 0 Å². The molecule has 0 aliphatic carbocycles. The number of hydrogen-bond donors (Lipinski definition) is 2. The molecule has 1 aromatic heterocycles. The molecule has 2 aromatic rings. The molecule has 1 unspecified atom stereocenters. The van der Waals surface area contributed by atoms with Gasteiger partial charge in [0.2, 0.25) is 5.91 Å². The van der Waals surface area contributed by atoms with Crippen molar-refractivity contribution in [3.8, 4) is 5.75 Å². The summed E-state index contributed by atoms with van der Waals surface area (Å²) in [6.07, 6.45) is 1.77. The molecule has 1 heterocycles. The van der Waals surface area contributed by atoms with Crippen LogP contribution in [0.25, 0.3) is 0 Å². The lowest BCUT2D eigenvalue weighted by Crippen LogP contribution is -2.24. The fourth-order valence-corrected chi connectivity index (χ4v) is 1.83. The smallest absolute Gasteiger partial charge is 0.249 e. The van der Waals surface area contributed by atoms with Crippen LogP contribution >= 0.6 is 0 Å². The van der Waals surface area contributed by atoms with Gasteiger partial charge >= 0.3 is 0 Å². The van der Waals surface area contributed by atoms with Crippen LogP contribution in [0.4, 0.5) is 11.4 Å². The summed E-state index contributed by atoms with van der Waals surface area (Å²) >= 11 is 0. The molecule has 1 amide bonds. The third-order valence-electron chi connectivity index (χ3n) is 3.00. The van der Waals surface area contributed by atoms with Crippen molar-refractivity contribution in [2.75, 3.05) is 18.2 Å². The first-order chi connectivity index (χ1) is 9.51. The van der Waals surface area contributed by atoms with E-state index in [9.17, 15) is 4.79 Å². The Labute approximate surface area is 117 Å². The van der Waals surface area contributed by atoms with E-state index < -0.39 is 6.04 Å². The number of carbonyl (C=O) groups is 1. The first-order valence-electron chi connectivity index (χ1n) is 6.27. The SMILES string of the molecule is COc1ccc(N)cc1NC(=O)C(C)n1ccc(C)n1. The minimum Gasteiger partial charge on any atom is -0.495 e. The molecule has 6 heteroatoms. The molecule has 3 N–H and O–H groups in total. The number of ether oxygens (including phenoxy) is 1. The Balaban J connectivity index is 2.17. The summed E-state index contributed by atoms with van der Waals surface area (Å²) in [4.78, 5) is 12.2. The Morgan fingerprint density at radius 3 is 2.80 bits per heavy atom. The molecule has 0 saturated carbocycles. The maximum Gasteiger partial charge on any atom is 0.249 e. The molecule has 0 aliphatic rings. The van der Waals surface area contributed by atoms with Gasteiger partial charge in [-0.05, 0) is 38.1 Å². The molecular weight excluding hydrogens is 256 g/mol. The van der Waals surface area contributed by atoms with Gasteiger partial charge in [0.1, 0.15) is 11.8 Å². The summed E-state index contributed by atoms with van der Waals surface area (Å²) in [5, 5.41) is 7.04. The van der Waals surface area contributed by atoms with Crippen molar-refractivity contribution in [3.05, 3.63) is 36.2 Å². The van der Waals surface area contributed by atoms with Gasteiger partial charge in [-0.1, -0.05) is 0 Å². The highest BCUT2D eigenvalue weighted by atomic mass is 16.5. The molecule has 6 nitrogen and oxygen atoms in total. The molecule has 0 spiro atoms. The summed E-state index contributed by atoms with van der Waals surface area (Å²) in [6.45, 7) is 3.66. The number of anilines is 2. The first kappa shape index (κ1) is 13.9. The number of carbonyl (C=O) groups excluding carboxylic acids is 1. The van der Waals surface area contributed by atoms with Crippen molar-refractivity contribution in [1.29, 1.82) is 0 Å². The number of rotatable bonds is 4. The Morgan fingerprint density at radius 1 is 1.45 bits per heavy atom. The molecular formula is C14H18N4O2. The number of benzene rings is 1. The van der Waals surface area contributed by atoms with Crippen molar-refractivity contribution in [1.82, 2.24) is 9.78 Å². The van der Waals surface area contributed by atoms with Gasteiger partial charge in [-0.15, -0.1) is 0 Å². The van der Waals surface area contributed by atoms with Crippen molar-refractivity contribution in [3.63, 3.8) is 0 Å². The van der Waals surface area contributed by atoms with E-state index in [0.717, 1.165) is 5.69 Å². The number of nitrogens with zero attached hydrogens (tertiary/aromatic N) is 2. The van der Waals surface area contributed by atoms with Crippen LogP contribution in [0.5, 0.6) is 5.75 Å². The Hall–Kier alpha value is -2.50. The van der Waals surface area contributed by atoms with E-state index in [2.05, 4.69) is 10.4 Å². The van der Waals surface area contributed by atoms with E-state index in [1.54, 1.807) is 43.1 Å². The number of nitrogens with two attached hydrogens (primary N) is 1. The van der Waals surface area contributed by atoms with Crippen molar-refractivity contribution in [2.24, 2.45) is 0 Å². The largest absolute Gasteiger partial charge is 0.495 e. The van der Waals surface area contributed by atoms with Crippen LogP contribution in [-0.4, -0.2) is 22.8 Å². The number of nitrogen functional groups attached to an aromatic ring is 1. The maximum absolute atomic E-state index is 12.2. The van der Waals surface area contributed by atoms with Crippen LogP contribution in [-0.2, 0) is 4.79 Å². The van der Waals surface area contributed by atoms with Crippen LogP contribution in [0.3, 0.4) is 0 Å². The molecule has 20 heavy (non-hydrogen) atoms. The average Bonchev–Trinajstić information content (AvgIpc) is 2.84. The minimum atomic E-state index is -0.421. The normalized spacial score (nSPS) is 11.9. The third-order valence-corrected chi connectivity index (χ3v) is 3.00. The van der Waals surface area contributed by atoms with Crippen LogP contribution in [0.1, 0.15) is 18.7 Å². The van der Waals surface area contributed by atoms with Gasteiger partial charge in [-0.3, -0.25) is 9.48 Å². The molecule has 0 saturated heterocycles. The van der Waals surface area contributed by atoms with E-state index in [4.69, 9.17) is 10.5 Å². The Bertz CT molecular complexity index is 621. The van der Waals surface area contributed by atoms with E-state index in [-0.39, 0.29) is 5.91 Å². The quantitative estimate of drug-likeness (QED) is 0.835. The second-order valence-electron chi connectivity index (χ2n) is 4.56. The predicted octanol–water partition coefficient (Wildman–Crippen LogP) is 1.98. The van der Waals surface area contributed by atoms with Crippen LogP contribution in [0, 0.1) is 6.92 Å². The molecule has 1 atom stereocenters. The summed E-state index contributed by atoms with van der Waals surface area (Å²) in [5.74, 6) is 0.383. The maximum atomic E-state index is 12.2. The summed E-state index contributed by atoms with van der Waals surface area (Å²) < 4.78 is 6.81. The van der Waals surface area contributed by atoms with Crippen molar-refractivity contribution < 1.29 is 9.53 Å². The van der Waals surface area contributed by atoms with Crippen LogP contribution in [0.15, 0.2) is 30.5 Å². The monoisotopic (exact) mass is 274 g/mol. The van der Waals surface area contributed by atoms with Crippen molar-refractivity contribution in [2.45, 2.75) is 19.9 Å². The molecule has 106 valence electrons. The lowest BCUT2D eigenvalue weighted by molar-refractivity contribution is -0.119. The van der Waals surface area contributed by atoms with Crippen molar-refractivity contribution >= 4 is 17.3 Å². The van der Waals surface area contributed by atoms with Gasteiger partial charge in [-0.2, -0.15) is 5.10 Å². The first-order valence-corrected chi connectivity index (χ1v) is 6.27. The highest BCUT2D eigenvalue weighted by Crippen LogP contribution is 2.27. The van der Waals surface area contributed by atoms with E-state index >= 15 is 0 Å². The fraction of sp³-hybridized carbons (Fsp3) is 0.286. The number of nitrogens with one attached hydrogen (secondary N) is 1. The second-order valence-corrected chi connectivity index (χ2v) is 4.56. The molecule has 0 aliphatic heterocycles. The highest BCUT2D eigenvalue weighted by molar-refractivity contribution is 5.95. The number of aromatic nitrogens is 2. The highest BCUT2D eigenvalue weighted by Gasteiger charge is 2.17. The van der Waals surface area contributed by atoms with Gasteiger partial charge in [-0.25, -0.2) is 0 Å². The zero-order valence-electron chi connectivity index (χ0n) is 11.8. The second kappa shape index (κ2) is 5.64. The lowest BCUT2D eigenvalue weighted by atomic mass is 10.2. The minimum absolute atomic E-state index is 0.183. The molecule has 2 rings (SSSR count). The number of hydrogen-bond acceptors (Lipinski definition) is 4. The van der Waals surface area contributed by atoms with Gasteiger partial charge in [0.25, 0.3) is 0 Å². The van der Waals surface area contributed by atoms with Gasteiger partial charge in [0.15, 0.2) is 0 Å². The summed E-state index contributed by atoms with van der Waals surface area (Å²) in [7, 11) is 1.54. The summed E-state index contributed by atoms with van der Waals surface area (Å²) in [5.41, 5.74) is 7.70.